The van der Waals surface area contributed by atoms with Gasteiger partial charge in [-0.2, -0.15) is 0 Å². The van der Waals surface area contributed by atoms with E-state index in [1.54, 1.807) is 30.6 Å². The summed E-state index contributed by atoms with van der Waals surface area (Å²) in [4.78, 5) is 8.74. The average molecular weight is 361 g/mol. The molecule has 0 radical (unpaired) electrons. The van der Waals surface area contributed by atoms with Crippen LogP contribution in [0.25, 0.3) is 11.1 Å². The lowest BCUT2D eigenvalue weighted by atomic mass is 9.99. The van der Waals surface area contributed by atoms with Crippen LogP contribution in [-0.2, 0) is 9.84 Å². The van der Waals surface area contributed by atoms with Crippen molar-refractivity contribution in [1.82, 2.24) is 15.3 Å². The largest absolute Gasteiger partial charge is 0.476 e. The first-order valence-corrected chi connectivity index (χ1v) is 9.92. The average Bonchev–Trinajstić information content (AvgIpc) is 2.96. The van der Waals surface area contributed by atoms with E-state index in [4.69, 9.17) is 9.47 Å². The molecule has 0 aliphatic carbocycles. The van der Waals surface area contributed by atoms with Crippen molar-refractivity contribution < 1.29 is 17.9 Å². The lowest BCUT2D eigenvalue weighted by molar-refractivity contribution is 0.202. The van der Waals surface area contributed by atoms with Crippen LogP contribution in [0.5, 0.6) is 11.8 Å². The highest BCUT2D eigenvalue weighted by atomic mass is 32.2. The maximum absolute atomic E-state index is 11.8. The zero-order valence-corrected chi connectivity index (χ0v) is 14.5. The lowest BCUT2D eigenvalue weighted by Crippen LogP contribution is -2.30. The molecule has 1 aromatic carbocycles. The van der Waals surface area contributed by atoms with Gasteiger partial charge in [-0.15, -0.1) is 0 Å². The first kappa shape index (κ1) is 16.3. The van der Waals surface area contributed by atoms with Crippen molar-refractivity contribution in [2.24, 2.45) is 5.92 Å². The maximum atomic E-state index is 11.8. The number of rotatable bonds is 4. The van der Waals surface area contributed by atoms with E-state index in [0.29, 0.717) is 24.3 Å². The SMILES string of the molecule is O=S1(=O)COc2cc(-c3cnc(OCC4CCNCC4)nc3)ccc21. The minimum Gasteiger partial charge on any atom is -0.476 e. The molecule has 1 N–H and O–H groups in total. The van der Waals surface area contributed by atoms with Gasteiger partial charge in [0.2, 0.25) is 9.84 Å². The molecule has 0 saturated carbocycles. The van der Waals surface area contributed by atoms with E-state index < -0.39 is 9.84 Å². The molecular weight excluding hydrogens is 342 g/mol. The first-order chi connectivity index (χ1) is 12.1. The van der Waals surface area contributed by atoms with E-state index in [9.17, 15) is 8.42 Å². The van der Waals surface area contributed by atoms with Gasteiger partial charge < -0.3 is 14.8 Å². The van der Waals surface area contributed by atoms with Gasteiger partial charge in [0.1, 0.15) is 10.6 Å². The molecule has 4 rings (SSSR count). The second-order valence-electron chi connectivity index (χ2n) is 6.30. The Labute approximate surface area is 146 Å². The van der Waals surface area contributed by atoms with Gasteiger partial charge in [-0.3, -0.25) is 0 Å². The Morgan fingerprint density at radius 1 is 1.16 bits per heavy atom. The van der Waals surface area contributed by atoms with Crippen molar-refractivity contribution in [2.45, 2.75) is 17.7 Å². The Balaban J connectivity index is 1.45. The Morgan fingerprint density at radius 3 is 2.68 bits per heavy atom. The summed E-state index contributed by atoms with van der Waals surface area (Å²) in [6, 6.07) is 5.37. The highest BCUT2D eigenvalue weighted by Gasteiger charge is 2.28. The molecule has 1 aromatic heterocycles. The number of piperidine rings is 1. The topological polar surface area (TPSA) is 90.4 Å². The molecule has 0 unspecified atom stereocenters. The molecule has 1 fully saturated rings. The van der Waals surface area contributed by atoms with Crippen LogP contribution in [0.3, 0.4) is 0 Å². The summed E-state index contributed by atoms with van der Waals surface area (Å²) in [6.07, 6.45) is 5.57. The Morgan fingerprint density at radius 2 is 1.92 bits per heavy atom. The number of aromatic nitrogens is 2. The van der Waals surface area contributed by atoms with Crippen LogP contribution in [0.4, 0.5) is 0 Å². The minimum absolute atomic E-state index is 0.235. The van der Waals surface area contributed by atoms with Gasteiger partial charge in [0, 0.05) is 18.0 Å². The molecule has 0 amide bonds. The van der Waals surface area contributed by atoms with Crippen molar-refractivity contribution in [3.63, 3.8) is 0 Å². The summed E-state index contributed by atoms with van der Waals surface area (Å²) < 4.78 is 34.5. The summed E-state index contributed by atoms with van der Waals surface area (Å²) in [6.45, 7) is 2.69. The minimum atomic E-state index is -3.31. The highest BCUT2D eigenvalue weighted by molar-refractivity contribution is 7.91. The second kappa shape index (κ2) is 6.61. The summed E-state index contributed by atoms with van der Waals surface area (Å²) in [5, 5.41) is 3.33. The van der Waals surface area contributed by atoms with Crippen LogP contribution in [0, 0.1) is 5.92 Å². The van der Waals surface area contributed by atoms with Crippen molar-refractivity contribution in [3.8, 4) is 22.9 Å². The Kier molecular flexibility index (Phi) is 4.30. The van der Waals surface area contributed by atoms with Crippen molar-refractivity contribution in [3.05, 3.63) is 30.6 Å². The van der Waals surface area contributed by atoms with E-state index in [0.717, 1.165) is 37.1 Å². The molecule has 2 aliphatic heterocycles. The van der Waals surface area contributed by atoms with Gasteiger partial charge in [-0.25, -0.2) is 18.4 Å². The van der Waals surface area contributed by atoms with E-state index in [1.165, 1.54) is 0 Å². The fraction of sp³-hybridized carbons (Fsp3) is 0.412. The quantitative estimate of drug-likeness (QED) is 0.885. The van der Waals surface area contributed by atoms with E-state index in [-0.39, 0.29) is 10.8 Å². The smallest absolute Gasteiger partial charge is 0.316 e. The maximum Gasteiger partial charge on any atom is 0.316 e. The number of ether oxygens (including phenoxy) is 2. The fourth-order valence-corrected chi connectivity index (χ4v) is 4.15. The lowest BCUT2D eigenvalue weighted by Gasteiger charge is -2.21. The van der Waals surface area contributed by atoms with Gasteiger partial charge >= 0.3 is 6.01 Å². The number of nitrogens with zero attached hydrogens (tertiary/aromatic N) is 2. The number of hydrogen-bond donors (Lipinski definition) is 1. The van der Waals surface area contributed by atoms with Crippen molar-refractivity contribution in [2.75, 3.05) is 25.6 Å². The molecule has 0 atom stereocenters. The number of nitrogens with one attached hydrogen (secondary N) is 1. The normalized spacial score (nSPS) is 19.2. The van der Waals surface area contributed by atoms with Crippen molar-refractivity contribution >= 4 is 9.84 Å². The molecule has 1 saturated heterocycles. The first-order valence-electron chi connectivity index (χ1n) is 8.27. The monoisotopic (exact) mass is 361 g/mol. The summed E-state index contributed by atoms with van der Waals surface area (Å²) >= 11 is 0. The second-order valence-corrected chi connectivity index (χ2v) is 8.20. The van der Waals surface area contributed by atoms with Crippen LogP contribution in [0.2, 0.25) is 0 Å². The number of hydrogen-bond acceptors (Lipinski definition) is 7. The molecule has 8 heteroatoms. The third-order valence-corrected chi connectivity index (χ3v) is 5.95. The molecule has 2 aliphatic rings. The molecule has 132 valence electrons. The molecule has 3 heterocycles. The zero-order chi connectivity index (χ0) is 17.3. The molecule has 2 aromatic rings. The van der Waals surface area contributed by atoms with Gasteiger partial charge in [-0.05, 0) is 49.5 Å². The zero-order valence-electron chi connectivity index (χ0n) is 13.6. The number of sulfone groups is 1. The fourth-order valence-electron chi connectivity index (χ4n) is 3.04. The third-order valence-electron chi connectivity index (χ3n) is 4.52. The van der Waals surface area contributed by atoms with E-state index >= 15 is 0 Å². The molecular formula is C17H19N3O4S. The standard InChI is InChI=1S/C17H19N3O4S/c21-25(22)11-24-15-7-13(1-2-16(15)25)14-8-19-17(20-9-14)23-10-12-3-5-18-6-4-12/h1-2,7-9,12,18H,3-6,10-11H2. The van der Waals surface area contributed by atoms with E-state index in [1.807, 2.05) is 0 Å². The molecule has 0 spiro atoms. The number of fused-ring (bicyclic) bond motifs is 1. The Hall–Kier alpha value is -2.19. The number of benzene rings is 1. The van der Waals surface area contributed by atoms with Crippen LogP contribution in [0.15, 0.2) is 35.5 Å². The van der Waals surface area contributed by atoms with Crippen LogP contribution in [0.1, 0.15) is 12.8 Å². The molecule has 7 nitrogen and oxygen atoms in total. The van der Waals surface area contributed by atoms with Crippen molar-refractivity contribution in [1.29, 1.82) is 0 Å². The van der Waals surface area contributed by atoms with Gasteiger partial charge in [0.05, 0.1) is 6.61 Å². The Bertz CT molecular complexity index is 862. The molecule has 0 bridgehead atoms. The molecule has 25 heavy (non-hydrogen) atoms. The summed E-state index contributed by atoms with van der Waals surface area (Å²) in [7, 11) is -3.31. The predicted molar refractivity (Wildman–Crippen MR) is 91.2 cm³/mol. The van der Waals surface area contributed by atoms with Crippen LogP contribution >= 0.6 is 0 Å². The van der Waals surface area contributed by atoms with Crippen LogP contribution in [-0.4, -0.2) is 44.0 Å². The third kappa shape index (κ3) is 3.45. The predicted octanol–water partition coefficient (Wildman–Crippen LogP) is 1.65. The van der Waals surface area contributed by atoms with E-state index in [2.05, 4.69) is 15.3 Å². The van der Waals surface area contributed by atoms with Gasteiger partial charge in [0.15, 0.2) is 5.94 Å². The van der Waals surface area contributed by atoms with Gasteiger partial charge in [0.25, 0.3) is 0 Å². The summed E-state index contributed by atoms with van der Waals surface area (Å²) in [5.74, 6) is 0.621. The van der Waals surface area contributed by atoms with Gasteiger partial charge in [-0.1, -0.05) is 6.07 Å². The van der Waals surface area contributed by atoms with Crippen LogP contribution < -0.4 is 14.8 Å². The summed E-state index contributed by atoms with van der Waals surface area (Å²) in [5.41, 5.74) is 1.59. The highest BCUT2D eigenvalue weighted by Crippen LogP contribution is 2.35.